The van der Waals surface area contributed by atoms with Crippen LogP contribution in [0.5, 0.6) is 0 Å². The first-order valence-electron chi connectivity index (χ1n) is 23.4. The second kappa shape index (κ2) is 21.7. The van der Waals surface area contributed by atoms with Crippen LogP contribution in [0.2, 0.25) is 0 Å². The highest BCUT2D eigenvalue weighted by Gasteiger charge is 2.41. The van der Waals surface area contributed by atoms with Crippen LogP contribution >= 0.6 is 34.9 Å². The van der Waals surface area contributed by atoms with Gasteiger partial charge in [0.15, 0.2) is 8.68 Å². The van der Waals surface area contributed by atoms with E-state index < -0.39 is 0 Å². The van der Waals surface area contributed by atoms with Crippen LogP contribution < -0.4 is 4.90 Å². The molecule has 0 radical (unpaired) electrons. The molecule has 0 bridgehead atoms. The van der Waals surface area contributed by atoms with Crippen LogP contribution in [0.15, 0.2) is 139 Å². The molecule has 0 saturated heterocycles. The van der Waals surface area contributed by atoms with Gasteiger partial charge in [-0.05, 0) is 101 Å². The van der Waals surface area contributed by atoms with E-state index in [-0.39, 0.29) is 22.0 Å². The van der Waals surface area contributed by atoms with Gasteiger partial charge < -0.3 is 9.64 Å². The van der Waals surface area contributed by atoms with Gasteiger partial charge in [-0.15, -0.1) is 10.2 Å². The molecular weight excluding hydrogens is 845 g/mol. The summed E-state index contributed by atoms with van der Waals surface area (Å²) >= 11 is 4.77. The summed E-state index contributed by atoms with van der Waals surface area (Å²) in [6.45, 7) is 17.9. The van der Waals surface area contributed by atoms with Gasteiger partial charge in [0.05, 0.1) is 7.11 Å². The van der Waals surface area contributed by atoms with Gasteiger partial charge in [0.2, 0.25) is 0 Å². The highest BCUT2D eigenvalue weighted by molar-refractivity contribution is 8.06. The molecule has 0 spiro atoms. The van der Waals surface area contributed by atoms with Crippen LogP contribution in [0.25, 0.3) is 21.5 Å². The lowest BCUT2D eigenvalue weighted by Gasteiger charge is -2.28. The molecule has 1 aromatic heterocycles. The molecule has 6 nitrogen and oxygen atoms in total. The zero-order valence-corrected chi connectivity index (χ0v) is 41.7. The summed E-state index contributed by atoms with van der Waals surface area (Å²) in [4.78, 5) is 21.9. The average molecular weight is 911 g/mol. The molecule has 0 fully saturated rings. The molecule has 0 amide bonds. The van der Waals surface area contributed by atoms with Crippen molar-refractivity contribution in [3.05, 3.63) is 136 Å². The molecule has 9 heteroatoms. The van der Waals surface area contributed by atoms with Crippen molar-refractivity contribution < 1.29 is 9.53 Å². The summed E-state index contributed by atoms with van der Waals surface area (Å²) < 4.78 is 6.86. The molecule has 4 aromatic carbocycles. The summed E-state index contributed by atoms with van der Waals surface area (Å²) in [6, 6.07) is 28.8. The van der Waals surface area contributed by atoms with E-state index in [1.165, 1.54) is 79.0 Å². The number of rotatable bonds is 19. The second-order valence-corrected chi connectivity index (χ2v) is 21.8. The number of aliphatic imine (C=N–C) groups is 1. The van der Waals surface area contributed by atoms with Crippen LogP contribution in [0.3, 0.4) is 0 Å². The fourth-order valence-electron chi connectivity index (χ4n) is 9.27. The van der Waals surface area contributed by atoms with Gasteiger partial charge in [0.1, 0.15) is 5.25 Å². The number of methoxy groups -OCH3 is 1. The van der Waals surface area contributed by atoms with Crippen molar-refractivity contribution in [1.29, 1.82) is 0 Å². The molecule has 0 saturated carbocycles. The maximum Gasteiger partial charge on any atom is 0.319 e. The number of hydrogen-bond acceptors (Lipinski definition) is 9. The van der Waals surface area contributed by atoms with Crippen molar-refractivity contribution in [2.45, 2.75) is 137 Å². The molecule has 2 aliphatic rings. The molecule has 1 atom stereocenters. The Morgan fingerprint density at radius 3 is 2.33 bits per heavy atom. The molecule has 5 aromatic rings. The first kappa shape index (κ1) is 47.5. The Labute approximate surface area is 394 Å². The summed E-state index contributed by atoms with van der Waals surface area (Å²) in [6.07, 6.45) is 19.6. The lowest BCUT2D eigenvalue weighted by molar-refractivity contribution is -0.140. The monoisotopic (exact) mass is 910 g/mol. The number of ether oxygens (including phenoxy) is 1. The van der Waals surface area contributed by atoms with Gasteiger partial charge in [-0.1, -0.05) is 194 Å². The van der Waals surface area contributed by atoms with Crippen LogP contribution in [-0.4, -0.2) is 47.3 Å². The Morgan fingerprint density at radius 2 is 1.58 bits per heavy atom. The maximum absolute atomic E-state index is 12.8. The smallest absolute Gasteiger partial charge is 0.319 e. The normalized spacial score (nSPS) is 17.4. The van der Waals surface area contributed by atoms with Gasteiger partial charge >= 0.3 is 5.97 Å². The number of carbonyl (C=O) groups is 1. The number of hydrogen-bond donors (Lipinski definition) is 0. The number of aromatic nitrogens is 2. The van der Waals surface area contributed by atoms with E-state index >= 15 is 0 Å². The number of thioether (sulfide) groups is 2. The zero-order valence-electron chi connectivity index (χ0n) is 39.2. The molecule has 1 aliphatic heterocycles. The Hall–Kier alpha value is -4.44. The SMILES string of the molecule is CCCCN=C(/C=C/C1=C(Sc2nnc(SC(CCCC)C(=O)OC)s2)C(=C/C=C2/N(CCCC)c3ccc4ccccc4c3C2(C)C)/CCC1)C(C)(C)c1cccc2ccccc12. The van der Waals surface area contributed by atoms with Crippen LogP contribution in [0.4, 0.5) is 5.69 Å². The van der Waals surface area contributed by atoms with Crippen molar-refractivity contribution in [3.8, 4) is 0 Å². The van der Waals surface area contributed by atoms with Gasteiger partial charge in [0.25, 0.3) is 0 Å². The van der Waals surface area contributed by atoms with Crippen LogP contribution in [-0.2, 0) is 20.4 Å². The largest absolute Gasteiger partial charge is 0.468 e. The van der Waals surface area contributed by atoms with Crippen molar-refractivity contribution in [2.24, 2.45) is 4.99 Å². The van der Waals surface area contributed by atoms with Gasteiger partial charge in [-0.25, -0.2) is 0 Å². The third-order valence-electron chi connectivity index (χ3n) is 12.9. The summed E-state index contributed by atoms with van der Waals surface area (Å²) in [7, 11) is 1.47. The second-order valence-electron chi connectivity index (χ2n) is 18.1. The average Bonchev–Trinajstić information content (AvgIpc) is 3.84. The third kappa shape index (κ3) is 10.5. The van der Waals surface area contributed by atoms with Gasteiger partial charge in [-0.2, -0.15) is 0 Å². The van der Waals surface area contributed by atoms with Crippen molar-refractivity contribution in [2.75, 3.05) is 25.1 Å². The van der Waals surface area contributed by atoms with E-state index in [9.17, 15) is 4.79 Å². The molecule has 336 valence electrons. The number of nitrogens with zero attached hydrogens (tertiary/aromatic N) is 4. The number of unbranched alkanes of at least 4 members (excludes halogenated alkanes) is 3. The highest BCUT2D eigenvalue weighted by atomic mass is 32.2. The number of carbonyl (C=O) groups excluding carboxylic acids is 1. The Morgan fingerprint density at radius 1 is 0.875 bits per heavy atom. The minimum Gasteiger partial charge on any atom is -0.468 e. The first-order valence-corrected chi connectivity index (χ1v) is 25.9. The number of fused-ring (bicyclic) bond motifs is 4. The van der Waals surface area contributed by atoms with Crippen molar-refractivity contribution in [1.82, 2.24) is 10.2 Å². The Bertz CT molecular complexity index is 2590. The van der Waals surface area contributed by atoms with Crippen LogP contribution in [0, 0.1) is 0 Å². The Kier molecular flexibility index (Phi) is 16.1. The molecule has 0 N–H and O–H groups in total. The van der Waals surface area contributed by atoms with Crippen molar-refractivity contribution >= 4 is 73.8 Å². The summed E-state index contributed by atoms with van der Waals surface area (Å²) in [5.41, 5.74) is 8.54. The van der Waals surface area contributed by atoms with E-state index in [1.54, 1.807) is 23.1 Å². The van der Waals surface area contributed by atoms with E-state index in [2.05, 4.69) is 162 Å². The zero-order chi connectivity index (χ0) is 45.3. The van der Waals surface area contributed by atoms with E-state index in [4.69, 9.17) is 14.8 Å². The van der Waals surface area contributed by atoms with Crippen LogP contribution in [0.1, 0.15) is 124 Å². The molecule has 1 unspecified atom stereocenters. The van der Waals surface area contributed by atoms with E-state index in [0.29, 0.717) is 0 Å². The van der Waals surface area contributed by atoms with Gasteiger partial charge in [-0.3, -0.25) is 9.79 Å². The highest BCUT2D eigenvalue weighted by Crippen LogP contribution is 2.51. The predicted octanol–water partition coefficient (Wildman–Crippen LogP) is 15.4. The molecule has 64 heavy (non-hydrogen) atoms. The van der Waals surface area contributed by atoms with Crippen molar-refractivity contribution in [3.63, 3.8) is 0 Å². The number of benzene rings is 4. The number of esters is 1. The minimum absolute atomic E-state index is 0.189. The molecular formula is C55H66N4O2S3. The summed E-state index contributed by atoms with van der Waals surface area (Å²) in [5.74, 6) is -0.204. The fourth-order valence-corrected chi connectivity index (χ4v) is 12.8. The fraction of sp³-hybridized carbons (Fsp3) is 0.418. The standard InChI is InChI=1S/C55H66N4O2S3/c1-9-12-29-46(51(60)61-8)62-52-57-58-53(64-52)63-50-40(31-34-47(56-36-13-10-2)54(4,5)44-28-20-23-38-21-15-17-26-42(38)44)24-19-25-41(50)32-35-48-55(6,7)49-43-27-18-16-22-39(43)30-33-45(49)59(48)37-14-11-3/h15-18,20-23,26-28,30-35,46H,9-14,19,24-25,29,36-37H2,1-8H3/b34-31+,41-32+,48-35+,56-47?. The number of allylic oxidation sites excluding steroid dienone is 7. The topological polar surface area (TPSA) is 67.7 Å². The van der Waals surface area contributed by atoms with Gasteiger partial charge in [0, 0.05) is 45.9 Å². The molecule has 7 rings (SSSR count). The van der Waals surface area contributed by atoms with E-state index in [1.807, 2.05) is 0 Å². The third-order valence-corrected chi connectivity index (χ3v) is 16.4. The lowest BCUT2D eigenvalue weighted by Crippen LogP contribution is -2.28. The first-order chi connectivity index (χ1) is 31.0. The number of anilines is 1. The summed E-state index contributed by atoms with van der Waals surface area (Å²) in [5, 5.41) is 14.2. The Balaban J connectivity index is 1.32. The van der Waals surface area contributed by atoms with E-state index in [0.717, 1.165) is 91.7 Å². The quantitative estimate of drug-likeness (QED) is 0.0354. The molecule has 1 aliphatic carbocycles. The predicted molar refractivity (Wildman–Crippen MR) is 277 cm³/mol. The lowest BCUT2D eigenvalue weighted by atomic mass is 9.77. The molecule has 2 heterocycles. The maximum atomic E-state index is 12.8. The minimum atomic E-state index is -0.328.